The van der Waals surface area contributed by atoms with Crippen LogP contribution in [-0.2, 0) is 11.2 Å². The molecule has 18 heavy (non-hydrogen) atoms. The van der Waals surface area contributed by atoms with Crippen molar-refractivity contribution < 1.29 is 14.7 Å². The molecule has 0 bridgehead atoms. The number of benzene rings is 1. The Labute approximate surface area is 106 Å². The topological polar surface area (TPSA) is 66.4 Å². The standard InChI is InChI=1S/C14H15NO3/c1-3-11(4-2)15-13(16)9-10-7-5-6-8-12(10)14(17)18/h1,5-8,11H,4,9H2,2H3,(H,15,16)(H,17,18). The van der Waals surface area contributed by atoms with Crippen LogP contribution in [0.1, 0.15) is 29.3 Å². The molecule has 0 saturated heterocycles. The minimum atomic E-state index is -1.04. The van der Waals surface area contributed by atoms with Crippen molar-refractivity contribution in [3.8, 4) is 12.3 Å². The van der Waals surface area contributed by atoms with Crippen molar-refractivity contribution in [2.45, 2.75) is 25.8 Å². The summed E-state index contributed by atoms with van der Waals surface area (Å²) < 4.78 is 0. The second-order valence-electron chi connectivity index (χ2n) is 3.83. The molecule has 0 aliphatic rings. The fraction of sp³-hybridized carbons (Fsp3) is 0.286. The molecule has 0 radical (unpaired) electrons. The van der Waals surface area contributed by atoms with E-state index in [-0.39, 0.29) is 23.9 Å². The summed E-state index contributed by atoms with van der Waals surface area (Å²) in [7, 11) is 0. The number of carbonyl (C=O) groups is 2. The molecule has 0 saturated carbocycles. The number of hydrogen-bond donors (Lipinski definition) is 2. The van der Waals surface area contributed by atoms with E-state index in [4.69, 9.17) is 11.5 Å². The molecule has 0 aromatic heterocycles. The van der Waals surface area contributed by atoms with Crippen LogP contribution >= 0.6 is 0 Å². The highest BCUT2D eigenvalue weighted by Gasteiger charge is 2.13. The largest absolute Gasteiger partial charge is 0.478 e. The third-order valence-electron chi connectivity index (χ3n) is 2.54. The molecule has 4 nitrogen and oxygen atoms in total. The summed E-state index contributed by atoms with van der Waals surface area (Å²) in [6.07, 6.45) is 5.90. The highest BCUT2D eigenvalue weighted by atomic mass is 16.4. The van der Waals surface area contributed by atoms with E-state index in [9.17, 15) is 9.59 Å². The Balaban J connectivity index is 2.77. The van der Waals surface area contributed by atoms with E-state index < -0.39 is 5.97 Å². The summed E-state index contributed by atoms with van der Waals surface area (Å²) in [6.45, 7) is 1.87. The molecule has 0 aliphatic carbocycles. The first kappa shape index (κ1) is 13.8. The highest BCUT2D eigenvalue weighted by molar-refractivity contribution is 5.91. The number of terminal acetylenes is 1. The van der Waals surface area contributed by atoms with E-state index in [0.29, 0.717) is 12.0 Å². The highest BCUT2D eigenvalue weighted by Crippen LogP contribution is 2.09. The molecular formula is C14H15NO3. The minimum absolute atomic E-state index is 0.0145. The SMILES string of the molecule is C#CC(CC)NC(=O)Cc1ccccc1C(=O)O. The Bertz CT molecular complexity index is 488. The fourth-order valence-electron chi connectivity index (χ4n) is 1.56. The number of aromatic carboxylic acids is 1. The molecule has 1 atom stereocenters. The van der Waals surface area contributed by atoms with Crippen molar-refractivity contribution in [1.29, 1.82) is 0 Å². The number of hydrogen-bond acceptors (Lipinski definition) is 2. The molecule has 2 N–H and O–H groups in total. The number of rotatable bonds is 5. The minimum Gasteiger partial charge on any atom is -0.478 e. The average Bonchev–Trinajstić information content (AvgIpc) is 2.36. The lowest BCUT2D eigenvalue weighted by Crippen LogP contribution is -2.34. The van der Waals surface area contributed by atoms with Gasteiger partial charge in [-0.1, -0.05) is 31.0 Å². The Kier molecular flexibility index (Phi) is 4.94. The van der Waals surface area contributed by atoms with Gasteiger partial charge in [-0.2, -0.15) is 0 Å². The van der Waals surface area contributed by atoms with Crippen molar-refractivity contribution in [1.82, 2.24) is 5.32 Å². The van der Waals surface area contributed by atoms with Crippen molar-refractivity contribution >= 4 is 11.9 Å². The molecule has 1 aromatic carbocycles. The van der Waals surface area contributed by atoms with Crippen molar-refractivity contribution in [3.05, 3.63) is 35.4 Å². The maximum atomic E-state index is 11.7. The van der Waals surface area contributed by atoms with Gasteiger partial charge in [0, 0.05) is 0 Å². The lowest BCUT2D eigenvalue weighted by molar-refractivity contribution is -0.120. The predicted octanol–water partition coefficient (Wildman–Crippen LogP) is 1.46. The van der Waals surface area contributed by atoms with Crippen LogP contribution < -0.4 is 5.32 Å². The number of nitrogens with one attached hydrogen (secondary N) is 1. The molecule has 0 fully saturated rings. The van der Waals surface area contributed by atoms with Gasteiger partial charge in [-0.25, -0.2) is 4.79 Å². The number of carboxylic acid groups (broad SMARTS) is 1. The zero-order valence-electron chi connectivity index (χ0n) is 10.1. The first-order valence-electron chi connectivity index (χ1n) is 5.65. The van der Waals surface area contributed by atoms with E-state index in [2.05, 4.69) is 11.2 Å². The zero-order valence-corrected chi connectivity index (χ0v) is 10.1. The number of carboxylic acids is 1. The quantitative estimate of drug-likeness (QED) is 0.772. The molecule has 0 heterocycles. The Morgan fingerprint density at radius 1 is 1.44 bits per heavy atom. The summed E-state index contributed by atoms with van der Waals surface area (Å²) in [4.78, 5) is 22.7. The van der Waals surface area contributed by atoms with Gasteiger partial charge in [0.2, 0.25) is 5.91 Å². The zero-order chi connectivity index (χ0) is 13.5. The normalized spacial score (nSPS) is 11.3. The van der Waals surface area contributed by atoms with Crippen LogP contribution in [0.5, 0.6) is 0 Å². The Morgan fingerprint density at radius 3 is 2.67 bits per heavy atom. The third-order valence-corrected chi connectivity index (χ3v) is 2.54. The van der Waals surface area contributed by atoms with Crippen LogP contribution in [0, 0.1) is 12.3 Å². The van der Waals surface area contributed by atoms with E-state index >= 15 is 0 Å². The molecule has 1 aromatic rings. The first-order valence-corrected chi connectivity index (χ1v) is 5.65. The smallest absolute Gasteiger partial charge is 0.335 e. The molecular weight excluding hydrogens is 230 g/mol. The summed E-state index contributed by atoms with van der Waals surface area (Å²) in [6, 6.07) is 6.12. The Morgan fingerprint density at radius 2 is 2.11 bits per heavy atom. The van der Waals surface area contributed by atoms with Gasteiger partial charge in [0.05, 0.1) is 18.0 Å². The maximum Gasteiger partial charge on any atom is 0.335 e. The van der Waals surface area contributed by atoms with Gasteiger partial charge in [-0.05, 0) is 18.1 Å². The second-order valence-corrected chi connectivity index (χ2v) is 3.83. The molecule has 1 rings (SSSR count). The summed E-state index contributed by atoms with van der Waals surface area (Å²) >= 11 is 0. The van der Waals surface area contributed by atoms with Crippen molar-refractivity contribution in [2.24, 2.45) is 0 Å². The monoisotopic (exact) mass is 245 g/mol. The second kappa shape index (κ2) is 6.45. The van der Waals surface area contributed by atoms with Crippen LogP contribution in [0.3, 0.4) is 0 Å². The summed E-state index contributed by atoms with van der Waals surface area (Å²) in [5, 5.41) is 11.7. The van der Waals surface area contributed by atoms with E-state index in [1.165, 1.54) is 6.07 Å². The molecule has 1 amide bonds. The van der Waals surface area contributed by atoms with E-state index in [1.54, 1.807) is 18.2 Å². The van der Waals surface area contributed by atoms with Gasteiger partial charge in [-0.15, -0.1) is 6.42 Å². The van der Waals surface area contributed by atoms with Gasteiger partial charge in [0.15, 0.2) is 0 Å². The molecule has 1 unspecified atom stereocenters. The van der Waals surface area contributed by atoms with Crippen LogP contribution in [0.15, 0.2) is 24.3 Å². The first-order chi connectivity index (χ1) is 8.58. The lowest BCUT2D eigenvalue weighted by atomic mass is 10.0. The molecule has 0 spiro atoms. The van der Waals surface area contributed by atoms with E-state index in [0.717, 1.165) is 0 Å². The molecule has 0 aliphatic heterocycles. The van der Waals surface area contributed by atoms with Gasteiger partial charge >= 0.3 is 5.97 Å². The molecule has 4 heteroatoms. The average molecular weight is 245 g/mol. The van der Waals surface area contributed by atoms with Crippen LogP contribution in [-0.4, -0.2) is 23.0 Å². The van der Waals surface area contributed by atoms with Gasteiger partial charge in [0.1, 0.15) is 0 Å². The predicted molar refractivity (Wildman–Crippen MR) is 68.2 cm³/mol. The van der Waals surface area contributed by atoms with Gasteiger partial charge in [0.25, 0.3) is 0 Å². The third kappa shape index (κ3) is 3.63. The van der Waals surface area contributed by atoms with Crippen molar-refractivity contribution in [3.63, 3.8) is 0 Å². The van der Waals surface area contributed by atoms with Crippen LogP contribution in [0.2, 0.25) is 0 Å². The van der Waals surface area contributed by atoms with Crippen LogP contribution in [0.25, 0.3) is 0 Å². The van der Waals surface area contributed by atoms with Crippen molar-refractivity contribution in [2.75, 3.05) is 0 Å². The van der Waals surface area contributed by atoms with E-state index in [1.807, 2.05) is 6.92 Å². The lowest BCUT2D eigenvalue weighted by Gasteiger charge is -2.11. The van der Waals surface area contributed by atoms with Gasteiger partial charge in [-0.3, -0.25) is 4.79 Å². The molecule has 94 valence electrons. The number of carbonyl (C=O) groups excluding carboxylic acids is 1. The summed E-state index contributed by atoms with van der Waals surface area (Å²) in [5.74, 6) is 1.15. The number of amides is 1. The fourth-order valence-corrected chi connectivity index (χ4v) is 1.56. The maximum absolute atomic E-state index is 11.7. The van der Waals surface area contributed by atoms with Crippen LogP contribution in [0.4, 0.5) is 0 Å². The Hall–Kier alpha value is -2.28. The van der Waals surface area contributed by atoms with Gasteiger partial charge < -0.3 is 10.4 Å². The summed E-state index contributed by atoms with van der Waals surface area (Å²) in [5.41, 5.74) is 0.621.